The van der Waals surface area contributed by atoms with Crippen molar-refractivity contribution in [3.8, 4) is 22.8 Å². The molecule has 166 valence electrons. The number of carboxylic acids is 1. The molecule has 0 saturated carbocycles. The molecule has 4 N–H and O–H groups in total. The van der Waals surface area contributed by atoms with Crippen molar-refractivity contribution in [3.05, 3.63) is 38.7 Å². The van der Waals surface area contributed by atoms with E-state index in [9.17, 15) is 28.6 Å². The van der Waals surface area contributed by atoms with Gasteiger partial charge in [0.25, 0.3) is 5.56 Å². The van der Waals surface area contributed by atoms with E-state index in [-0.39, 0.29) is 22.8 Å². The lowest BCUT2D eigenvalue weighted by Gasteiger charge is -2.39. The Bertz CT molecular complexity index is 1130. The highest BCUT2D eigenvalue weighted by atomic mass is 19.3. The van der Waals surface area contributed by atoms with Crippen LogP contribution < -0.4 is 15.6 Å². The van der Waals surface area contributed by atoms with Crippen LogP contribution in [0, 0.1) is 5.41 Å². The number of pyridine rings is 1. The summed E-state index contributed by atoms with van der Waals surface area (Å²) in [5.74, 6) is -2.45. The zero-order valence-corrected chi connectivity index (χ0v) is 17.4. The number of nitrogens with one attached hydrogen (secondary N) is 2. The number of carboxylic acid groups (broad SMARTS) is 1. The fourth-order valence-corrected chi connectivity index (χ4v) is 4.75. The van der Waals surface area contributed by atoms with Gasteiger partial charge in [0, 0.05) is 17.7 Å². The summed E-state index contributed by atoms with van der Waals surface area (Å²) in [5, 5.41) is 23.4. The van der Waals surface area contributed by atoms with Crippen molar-refractivity contribution in [3.63, 3.8) is 0 Å². The number of aromatic carboxylic acids is 1. The van der Waals surface area contributed by atoms with Crippen molar-refractivity contribution in [1.82, 2.24) is 4.98 Å². The smallest absolute Gasteiger partial charge is 0.387 e. The molecule has 0 saturated heterocycles. The Morgan fingerprint density at radius 3 is 2.61 bits per heavy atom. The number of carbonyl (C=O) groups is 1. The van der Waals surface area contributed by atoms with E-state index in [1.165, 1.54) is 6.07 Å². The van der Waals surface area contributed by atoms with Crippen molar-refractivity contribution in [2.24, 2.45) is 5.41 Å². The third kappa shape index (κ3) is 3.41. The minimum absolute atomic E-state index is 0.0359. The number of H-pyrrole nitrogens is 1. The van der Waals surface area contributed by atoms with Gasteiger partial charge in [-0.1, -0.05) is 20.8 Å². The van der Waals surface area contributed by atoms with Crippen molar-refractivity contribution in [1.29, 1.82) is 0 Å². The predicted molar refractivity (Wildman–Crippen MR) is 110 cm³/mol. The number of aromatic nitrogens is 1. The fourth-order valence-electron chi connectivity index (χ4n) is 4.75. The molecule has 0 amide bonds. The summed E-state index contributed by atoms with van der Waals surface area (Å²) in [7, 11) is 0. The fraction of sp³-hybridized carbons (Fsp3) is 0.455. The van der Waals surface area contributed by atoms with Gasteiger partial charge in [0.15, 0.2) is 5.56 Å². The largest absolute Gasteiger partial charge is 0.506 e. The third-order valence-electron chi connectivity index (χ3n) is 6.15. The van der Waals surface area contributed by atoms with Crippen LogP contribution in [-0.2, 0) is 12.8 Å². The first-order valence-electron chi connectivity index (χ1n) is 10.1. The zero-order valence-electron chi connectivity index (χ0n) is 17.4. The molecule has 0 fully saturated rings. The lowest BCUT2D eigenvalue weighted by Crippen LogP contribution is -2.30. The third-order valence-corrected chi connectivity index (χ3v) is 6.15. The molecule has 1 aliphatic carbocycles. The molecule has 2 heterocycles. The average Bonchev–Trinajstić information content (AvgIpc) is 2.66. The van der Waals surface area contributed by atoms with Gasteiger partial charge < -0.3 is 25.3 Å². The Morgan fingerprint density at radius 1 is 1.29 bits per heavy atom. The van der Waals surface area contributed by atoms with E-state index >= 15 is 0 Å². The SMILES string of the molecule is CC(C)(C)[C@H]1Cc2c(cc(OC(F)F)c3c2CCCN3)-c2[nH]c(=O)c(C(=O)O)c(O)c21. The van der Waals surface area contributed by atoms with Gasteiger partial charge in [-0.2, -0.15) is 8.78 Å². The molecule has 1 aromatic heterocycles. The second-order valence-electron chi connectivity index (χ2n) is 9.06. The first kappa shape index (κ1) is 21.1. The quantitative estimate of drug-likeness (QED) is 0.579. The molecular weight excluding hydrogens is 410 g/mol. The number of hydrogen-bond acceptors (Lipinski definition) is 5. The normalized spacial score (nSPS) is 17.4. The Morgan fingerprint density at radius 2 is 2.00 bits per heavy atom. The maximum atomic E-state index is 13.1. The molecule has 0 radical (unpaired) electrons. The number of benzene rings is 1. The van der Waals surface area contributed by atoms with Crippen LogP contribution in [0.4, 0.5) is 14.5 Å². The Labute approximate surface area is 177 Å². The molecule has 1 aliphatic heterocycles. The maximum Gasteiger partial charge on any atom is 0.387 e. The summed E-state index contributed by atoms with van der Waals surface area (Å²) in [5.41, 5.74) is 1.23. The van der Waals surface area contributed by atoms with Crippen LogP contribution in [0.2, 0.25) is 0 Å². The number of aromatic hydroxyl groups is 1. The van der Waals surface area contributed by atoms with Gasteiger partial charge in [0.2, 0.25) is 0 Å². The maximum absolute atomic E-state index is 13.1. The monoisotopic (exact) mass is 434 g/mol. The number of anilines is 1. The lowest BCUT2D eigenvalue weighted by atomic mass is 9.67. The number of fused-ring (bicyclic) bond motifs is 5. The van der Waals surface area contributed by atoms with Crippen LogP contribution in [0.1, 0.15) is 60.2 Å². The van der Waals surface area contributed by atoms with Gasteiger partial charge in [-0.05, 0) is 47.8 Å². The molecule has 0 unspecified atom stereocenters. The molecule has 7 nitrogen and oxygen atoms in total. The summed E-state index contributed by atoms with van der Waals surface area (Å²) in [6.45, 7) is 3.51. The van der Waals surface area contributed by atoms with Gasteiger partial charge in [0.1, 0.15) is 11.5 Å². The highest BCUT2D eigenvalue weighted by Gasteiger charge is 2.40. The van der Waals surface area contributed by atoms with Crippen molar-refractivity contribution in [2.75, 3.05) is 11.9 Å². The van der Waals surface area contributed by atoms with Crippen LogP contribution in [0.25, 0.3) is 11.3 Å². The molecule has 1 atom stereocenters. The number of halogens is 2. The Hall–Kier alpha value is -3.10. The van der Waals surface area contributed by atoms with Crippen LogP contribution in [0.15, 0.2) is 10.9 Å². The van der Waals surface area contributed by atoms with E-state index < -0.39 is 29.5 Å². The van der Waals surface area contributed by atoms with E-state index in [1.807, 2.05) is 20.8 Å². The molecule has 2 aliphatic rings. The standard InChI is InChI=1S/C22H24F2N2O5/c1-22(2,3)12-7-10-9-5-4-6-25-16(9)13(31-21(23)24)8-11(10)17-14(12)18(27)15(20(29)30)19(28)26-17/h8,12,21,25H,4-7H2,1-3H3,(H,29,30)(H2,26,27,28)/t12-/m0/s1. The van der Waals surface area contributed by atoms with Gasteiger partial charge in [-0.25, -0.2) is 4.79 Å². The first-order valence-corrected chi connectivity index (χ1v) is 10.1. The van der Waals surface area contributed by atoms with Crippen LogP contribution in [-0.4, -0.2) is 34.3 Å². The second-order valence-corrected chi connectivity index (χ2v) is 9.06. The van der Waals surface area contributed by atoms with Gasteiger partial charge in [-0.3, -0.25) is 4.79 Å². The van der Waals surface area contributed by atoms with E-state index in [0.29, 0.717) is 36.2 Å². The molecule has 9 heteroatoms. The number of hydrogen-bond donors (Lipinski definition) is 4. The van der Waals surface area contributed by atoms with E-state index in [1.54, 1.807) is 0 Å². The highest BCUT2D eigenvalue weighted by Crippen LogP contribution is 2.53. The number of rotatable bonds is 3. The van der Waals surface area contributed by atoms with E-state index in [0.717, 1.165) is 17.5 Å². The number of ether oxygens (including phenoxy) is 1. The van der Waals surface area contributed by atoms with Gasteiger partial charge in [-0.15, -0.1) is 0 Å². The summed E-state index contributed by atoms with van der Waals surface area (Å²) in [4.78, 5) is 26.7. The first-order chi connectivity index (χ1) is 14.5. The minimum atomic E-state index is -3.03. The topological polar surface area (TPSA) is 112 Å². The zero-order chi connectivity index (χ0) is 22.7. The molecule has 2 aromatic rings. The van der Waals surface area contributed by atoms with Crippen molar-refractivity contribution in [2.45, 2.75) is 52.6 Å². The summed E-state index contributed by atoms with van der Waals surface area (Å²) in [6, 6.07) is 1.44. The predicted octanol–water partition coefficient (Wildman–Crippen LogP) is 4.09. The Kier molecular flexibility index (Phi) is 4.94. The summed E-state index contributed by atoms with van der Waals surface area (Å²) in [6.07, 6.45) is 1.93. The number of aromatic amines is 1. The molecule has 31 heavy (non-hydrogen) atoms. The van der Waals surface area contributed by atoms with Crippen molar-refractivity contribution >= 4 is 11.7 Å². The molecule has 0 spiro atoms. The molecule has 1 aromatic carbocycles. The highest BCUT2D eigenvalue weighted by molar-refractivity contribution is 5.93. The minimum Gasteiger partial charge on any atom is -0.506 e. The van der Waals surface area contributed by atoms with Crippen LogP contribution >= 0.6 is 0 Å². The van der Waals surface area contributed by atoms with Crippen molar-refractivity contribution < 1.29 is 28.5 Å². The van der Waals surface area contributed by atoms with Gasteiger partial charge in [0.05, 0.1) is 11.4 Å². The lowest BCUT2D eigenvalue weighted by molar-refractivity contribution is -0.0494. The number of alkyl halides is 2. The second kappa shape index (κ2) is 7.25. The van der Waals surface area contributed by atoms with Crippen LogP contribution in [0.3, 0.4) is 0 Å². The molecular formula is C22H24F2N2O5. The van der Waals surface area contributed by atoms with Gasteiger partial charge >= 0.3 is 12.6 Å². The van der Waals surface area contributed by atoms with E-state index in [4.69, 9.17) is 4.74 Å². The summed E-state index contributed by atoms with van der Waals surface area (Å²) < 4.78 is 31.0. The van der Waals surface area contributed by atoms with E-state index in [2.05, 4.69) is 10.3 Å². The average molecular weight is 434 g/mol. The van der Waals surface area contributed by atoms with Crippen LogP contribution in [0.5, 0.6) is 11.5 Å². The summed E-state index contributed by atoms with van der Waals surface area (Å²) >= 11 is 0. The Balaban J connectivity index is 2.08. The molecule has 0 bridgehead atoms. The molecule has 4 rings (SSSR count).